The number of hydrogen-bond acceptors (Lipinski definition) is 6. The van der Waals surface area contributed by atoms with Gasteiger partial charge in [-0.1, -0.05) is 18.2 Å². The number of nitrogen functional groups attached to an aromatic ring is 1. The highest BCUT2D eigenvalue weighted by Gasteiger charge is 2.25. The van der Waals surface area contributed by atoms with Crippen molar-refractivity contribution in [3.05, 3.63) is 66.4 Å². The first kappa shape index (κ1) is 22.1. The van der Waals surface area contributed by atoms with Gasteiger partial charge in [-0.2, -0.15) is 0 Å². The van der Waals surface area contributed by atoms with Gasteiger partial charge in [-0.3, -0.25) is 4.79 Å². The number of rotatable bonds is 6. The fourth-order valence-corrected chi connectivity index (χ4v) is 4.73. The predicted octanol–water partition coefficient (Wildman–Crippen LogP) is 4.44. The molecule has 2 aliphatic rings. The maximum atomic E-state index is 11.2. The number of anilines is 3. The van der Waals surface area contributed by atoms with Crippen molar-refractivity contribution in [3.63, 3.8) is 0 Å². The van der Waals surface area contributed by atoms with Gasteiger partial charge in [0.25, 0.3) is 0 Å². The number of nitrogens with zero attached hydrogens (tertiary/aromatic N) is 2. The van der Waals surface area contributed by atoms with Crippen LogP contribution in [0.3, 0.4) is 0 Å². The molecule has 5 rings (SSSR count). The predicted molar refractivity (Wildman–Crippen MR) is 134 cm³/mol. The molecule has 1 unspecified atom stereocenters. The first-order valence-electron chi connectivity index (χ1n) is 11.9. The summed E-state index contributed by atoms with van der Waals surface area (Å²) in [7, 11) is 0. The number of nitrogens with two attached hydrogens (primary N) is 1. The molecular weight excluding hydrogens is 428 g/mol. The Hall–Kier alpha value is -3.74. The highest BCUT2D eigenvalue weighted by molar-refractivity contribution is 5.72. The quantitative estimate of drug-likeness (QED) is 0.470. The van der Waals surface area contributed by atoms with Crippen LogP contribution < -0.4 is 20.7 Å². The van der Waals surface area contributed by atoms with Crippen molar-refractivity contribution in [2.45, 2.75) is 31.8 Å². The molecule has 3 aromatic rings. The summed E-state index contributed by atoms with van der Waals surface area (Å²) in [6.07, 6.45) is 5.13. The summed E-state index contributed by atoms with van der Waals surface area (Å²) in [6.45, 7) is 2.22. The van der Waals surface area contributed by atoms with E-state index in [-0.39, 0.29) is 12.0 Å². The fourth-order valence-electron chi connectivity index (χ4n) is 4.73. The monoisotopic (exact) mass is 458 g/mol. The van der Waals surface area contributed by atoms with E-state index >= 15 is 0 Å². The number of carboxylic acids is 1. The van der Waals surface area contributed by atoms with Gasteiger partial charge < -0.3 is 25.8 Å². The number of carboxylic acid groups (broad SMARTS) is 1. The van der Waals surface area contributed by atoms with Crippen LogP contribution in [0.1, 0.15) is 24.8 Å². The Kier molecular flexibility index (Phi) is 6.25. The number of aryl methyl sites for hydroxylation is 1. The third-order valence-electron chi connectivity index (χ3n) is 6.75. The van der Waals surface area contributed by atoms with Crippen LogP contribution in [0.5, 0.6) is 5.75 Å². The Balaban J connectivity index is 1.23. The Morgan fingerprint density at radius 2 is 1.94 bits per heavy atom. The highest BCUT2D eigenvalue weighted by atomic mass is 16.5. The number of aromatic nitrogens is 1. The standard InChI is InChI=1S/C27H30N4O3/c28-22-3-1-2-18(14-22)4-7-23-17-29-24-8-5-20(15-25(24)34-23)21-6-9-26(30-16-21)31-12-10-19(11-13-31)27(32)33/h1-3,5-6,8-9,14-16,19,23,29H,4,7,10-13,17,28H2,(H,32,33). The van der Waals surface area contributed by atoms with Gasteiger partial charge in [0.15, 0.2) is 0 Å². The largest absolute Gasteiger partial charge is 0.486 e. The summed E-state index contributed by atoms with van der Waals surface area (Å²) >= 11 is 0. The van der Waals surface area contributed by atoms with E-state index in [0.717, 1.165) is 66.5 Å². The molecule has 2 aromatic carbocycles. The molecule has 1 saturated heterocycles. The molecule has 1 aromatic heterocycles. The topological polar surface area (TPSA) is 101 Å². The molecule has 0 amide bonds. The molecule has 176 valence electrons. The first-order valence-corrected chi connectivity index (χ1v) is 11.9. The number of nitrogens with one attached hydrogen (secondary N) is 1. The lowest BCUT2D eigenvalue weighted by atomic mass is 9.97. The number of pyridine rings is 1. The van der Waals surface area contributed by atoms with Gasteiger partial charge in [0, 0.05) is 30.5 Å². The van der Waals surface area contributed by atoms with E-state index in [4.69, 9.17) is 10.5 Å². The molecule has 0 radical (unpaired) electrons. The third-order valence-corrected chi connectivity index (χ3v) is 6.75. The number of ether oxygens (including phenoxy) is 1. The third kappa shape index (κ3) is 4.93. The molecule has 34 heavy (non-hydrogen) atoms. The second-order valence-corrected chi connectivity index (χ2v) is 9.12. The smallest absolute Gasteiger partial charge is 0.306 e. The Bertz CT molecular complexity index is 1160. The minimum Gasteiger partial charge on any atom is -0.486 e. The van der Waals surface area contributed by atoms with Crippen molar-refractivity contribution in [2.24, 2.45) is 5.92 Å². The van der Waals surface area contributed by atoms with E-state index in [0.29, 0.717) is 12.8 Å². The molecule has 7 nitrogen and oxygen atoms in total. The normalized spacial score (nSPS) is 18.0. The van der Waals surface area contributed by atoms with E-state index in [9.17, 15) is 9.90 Å². The van der Waals surface area contributed by atoms with Crippen molar-refractivity contribution in [3.8, 4) is 16.9 Å². The molecular formula is C27H30N4O3. The minimum atomic E-state index is -0.695. The number of aliphatic carboxylic acids is 1. The first-order chi connectivity index (χ1) is 16.5. The molecule has 0 spiro atoms. The van der Waals surface area contributed by atoms with Crippen LogP contribution in [0.15, 0.2) is 60.8 Å². The lowest BCUT2D eigenvalue weighted by Crippen LogP contribution is -2.36. The van der Waals surface area contributed by atoms with E-state index in [1.165, 1.54) is 5.56 Å². The summed E-state index contributed by atoms with van der Waals surface area (Å²) in [5, 5.41) is 12.7. The van der Waals surface area contributed by atoms with Crippen LogP contribution in [0.4, 0.5) is 17.2 Å². The number of benzene rings is 2. The number of carbonyl (C=O) groups is 1. The average Bonchev–Trinajstić information content (AvgIpc) is 2.87. The molecule has 1 atom stereocenters. The molecule has 0 bridgehead atoms. The summed E-state index contributed by atoms with van der Waals surface area (Å²) in [6, 6.07) is 18.3. The van der Waals surface area contributed by atoms with Crippen molar-refractivity contribution >= 4 is 23.2 Å². The Morgan fingerprint density at radius 1 is 1.12 bits per heavy atom. The second kappa shape index (κ2) is 9.63. The number of fused-ring (bicyclic) bond motifs is 1. The van der Waals surface area contributed by atoms with Gasteiger partial charge in [0.1, 0.15) is 17.7 Å². The van der Waals surface area contributed by atoms with E-state index in [2.05, 4.69) is 45.5 Å². The van der Waals surface area contributed by atoms with Gasteiger partial charge >= 0.3 is 5.97 Å². The number of hydrogen-bond donors (Lipinski definition) is 3. The van der Waals surface area contributed by atoms with Gasteiger partial charge in [-0.05, 0) is 73.2 Å². The Morgan fingerprint density at radius 3 is 2.68 bits per heavy atom. The molecule has 0 aliphatic carbocycles. The zero-order valence-corrected chi connectivity index (χ0v) is 19.1. The molecule has 3 heterocycles. The van der Waals surface area contributed by atoms with Crippen LogP contribution in [-0.4, -0.2) is 41.8 Å². The van der Waals surface area contributed by atoms with E-state index < -0.39 is 5.97 Å². The van der Waals surface area contributed by atoms with Crippen molar-refractivity contribution < 1.29 is 14.6 Å². The summed E-state index contributed by atoms with van der Waals surface area (Å²) in [5.74, 6) is 0.819. The zero-order valence-electron chi connectivity index (χ0n) is 19.1. The van der Waals surface area contributed by atoms with E-state index in [1.54, 1.807) is 0 Å². The van der Waals surface area contributed by atoms with Gasteiger partial charge in [0.05, 0.1) is 18.2 Å². The molecule has 1 fully saturated rings. The number of piperidine rings is 1. The maximum absolute atomic E-state index is 11.2. The second-order valence-electron chi connectivity index (χ2n) is 9.12. The molecule has 7 heteroatoms. The average molecular weight is 459 g/mol. The Labute approximate surface area is 199 Å². The zero-order chi connectivity index (χ0) is 23.5. The molecule has 4 N–H and O–H groups in total. The lowest BCUT2D eigenvalue weighted by Gasteiger charge is -2.31. The van der Waals surface area contributed by atoms with Gasteiger partial charge in [-0.15, -0.1) is 0 Å². The SMILES string of the molecule is Nc1cccc(CCC2CNc3ccc(-c4ccc(N5CCC(C(=O)O)CC5)nc4)cc3O2)c1. The highest BCUT2D eigenvalue weighted by Crippen LogP contribution is 2.35. The van der Waals surface area contributed by atoms with Crippen molar-refractivity contribution in [2.75, 3.05) is 35.6 Å². The summed E-state index contributed by atoms with van der Waals surface area (Å²) in [4.78, 5) is 18.0. The molecule has 2 aliphatic heterocycles. The summed E-state index contributed by atoms with van der Waals surface area (Å²) in [5.41, 5.74) is 11.0. The molecule has 0 saturated carbocycles. The lowest BCUT2D eigenvalue weighted by molar-refractivity contribution is -0.142. The fraction of sp³-hybridized carbons (Fsp3) is 0.333. The van der Waals surface area contributed by atoms with Gasteiger partial charge in [-0.25, -0.2) is 4.98 Å². The van der Waals surface area contributed by atoms with Crippen LogP contribution in [-0.2, 0) is 11.2 Å². The van der Waals surface area contributed by atoms with Crippen LogP contribution in [0.25, 0.3) is 11.1 Å². The van der Waals surface area contributed by atoms with Crippen LogP contribution in [0, 0.1) is 5.92 Å². The van der Waals surface area contributed by atoms with Crippen molar-refractivity contribution in [1.29, 1.82) is 0 Å². The minimum absolute atomic E-state index is 0.0958. The van der Waals surface area contributed by atoms with Crippen LogP contribution in [0.2, 0.25) is 0 Å². The van der Waals surface area contributed by atoms with Crippen molar-refractivity contribution in [1.82, 2.24) is 4.98 Å². The summed E-state index contributed by atoms with van der Waals surface area (Å²) < 4.78 is 6.32. The van der Waals surface area contributed by atoms with Crippen LogP contribution >= 0.6 is 0 Å². The van der Waals surface area contributed by atoms with E-state index in [1.807, 2.05) is 30.5 Å². The van der Waals surface area contributed by atoms with Gasteiger partial charge in [0.2, 0.25) is 0 Å². The maximum Gasteiger partial charge on any atom is 0.306 e.